The van der Waals surface area contributed by atoms with Gasteiger partial charge in [0.2, 0.25) is 0 Å². The number of carboxylic acid groups (broad SMARTS) is 1. The molecule has 1 saturated carbocycles. The fraction of sp³-hybridized carbons (Fsp3) is 0.250. The molecule has 1 aliphatic rings. The van der Waals surface area contributed by atoms with E-state index in [1.807, 2.05) is 6.20 Å². The Kier molecular flexibility index (Phi) is 3.09. The number of hydrogen-bond acceptors (Lipinski definition) is 4. The van der Waals surface area contributed by atoms with E-state index in [0.29, 0.717) is 28.3 Å². The summed E-state index contributed by atoms with van der Waals surface area (Å²) in [4.78, 5) is 24.0. The third-order valence-electron chi connectivity index (χ3n) is 4.36. The number of nitrogens with zero attached hydrogens (tertiary/aromatic N) is 4. The molecule has 3 aromatic rings. The molecular weight excluding hydrogens is 316 g/mol. The van der Waals surface area contributed by atoms with Crippen molar-refractivity contribution in [1.82, 2.24) is 19.5 Å². The summed E-state index contributed by atoms with van der Waals surface area (Å²) < 4.78 is 1.75. The number of halogens is 1. The van der Waals surface area contributed by atoms with Crippen molar-refractivity contribution in [3.8, 4) is 5.69 Å². The van der Waals surface area contributed by atoms with Crippen LogP contribution in [0, 0.1) is 5.92 Å². The summed E-state index contributed by atoms with van der Waals surface area (Å²) in [6.07, 6.45) is 7.38. The molecule has 1 aliphatic carbocycles. The van der Waals surface area contributed by atoms with Crippen LogP contribution in [0.5, 0.6) is 0 Å². The minimum absolute atomic E-state index is 0.169. The van der Waals surface area contributed by atoms with Gasteiger partial charge in [0, 0.05) is 12.4 Å². The van der Waals surface area contributed by atoms with Gasteiger partial charge in [-0.05, 0) is 29.9 Å². The van der Waals surface area contributed by atoms with Crippen LogP contribution in [0.1, 0.15) is 35.2 Å². The lowest BCUT2D eigenvalue weighted by Crippen LogP contribution is -2.05. The highest BCUT2D eigenvalue weighted by Gasteiger charge is 2.37. The van der Waals surface area contributed by atoms with Crippen molar-refractivity contribution in [1.29, 1.82) is 0 Å². The number of pyridine rings is 1. The predicted molar refractivity (Wildman–Crippen MR) is 85.2 cm³/mol. The van der Waals surface area contributed by atoms with Gasteiger partial charge in [0.1, 0.15) is 17.1 Å². The molecule has 0 aromatic carbocycles. The first-order chi connectivity index (χ1) is 11.1. The molecule has 116 valence electrons. The van der Waals surface area contributed by atoms with E-state index >= 15 is 0 Å². The first-order valence-electron chi connectivity index (χ1n) is 7.27. The van der Waals surface area contributed by atoms with Gasteiger partial charge in [-0.15, -0.1) is 0 Å². The average molecular weight is 329 g/mol. The number of carboxylic acids is 1. The zero-order valence-electron chi connectivity index (χ0n) is 12.3. The quantitative estimate of drug-likeness (QED) is 0.746. The Labute approximate surface area is 136 Å². The second-order valence-corrected chi connectivity index (χ2v) is 6.19. The highest BCUT2D eigenvalue weighted by atomic mass is 35.5. The molecule has 1 N–H and O–H groups in total. The summed E-state index contributed by atoms with van der Waals surface area (Å²) in [6.45, 7) is 2.18. The van der Waals surface area contributed by atoms with E-state index in [9.17, 15) is 9.90 Å². The van der Waals surface area contributed by atoms with Crippen LogP contribution in [0.4, 0.5) is 0 Å². The molecule has 0 spiro atoms. The van der Waals surface area contributed by atoms with Gasteiger partial charge in [0.05, 0.1) is 22.8 Å². The maximum Gasteiger partial charge on any atom is 0.337 e. The van der Waals surface area contributed by atoms with Gasteiger partial charge in [-0.1, -0.05) is 18.5 Å². The van der Waals surface area contributed by atoms with E-state index < -0.39 is 5.97 Å². The molecule has 2 atom stereocenters. The standard InChI is InChI=1S/C16H13ClN4O2/c1-8-4-10(8)11-6-21(15-13(11)14(17)19-7-20-15)12-5-18-3-2-9(12)16(22)23/h2-3,5-8,10H,4H2,1H3,(H,22,23). The van der Waals surface area contributed by atoms with Gasteiger partial charge in [0.25, 0.3) is 0 Å². The number of fused-ring (bicyclic) bond motifs is 1. The molecule has 3 aromatic heterocycles. The van der Waals surface area contributed by atoms with Crippen LogP contribution < -0.4 is 0 Å². The molecule has 0 aliphatic heterocycles. The molecular formula is C16H13ClN4O2. The molecule has 0 amide bonds. The minimum atomic E-state index is -1.01. The van der Waals surface area contributed by atoms with E-state index in [1.54, 1.807) is 4.57 Å². The van der Waals surface area contributed by atoms with Gasteiger partial charge in [-0.3, -0.25) is 9.55 Å². The fourth-order valence-electron chi connectivity index (χ4n) is 3.03. The van der Waals surface area contributed by atoms with E-state index in [2.05, 4.69) is 21.9 Å². The second kappa shape index (κ2) is 5.03. The van der Waals surface area contributed by atoms with Crippen LogP contribution in [0.2, 0.25) is 5.15 Å². The molecule has 7 heteroatoms. The summed E-state index contributed by atoms with van der Waals surface area (Å²) in [5.74, 6) is -0.0175. The lowest BCUT2D eigenvalue weighted by Gasteiger charge is -2.07. The molecule has 3 heterocycles. The van der Waals surface area contributed by atoms with Crippen molar-refractivity contribution in [3.63, 3.8) is 0 Å². The van der Waals surface area contributed by atoms with Gasteiger partial charge in [-0.25, -0.2) is 14.8 Å². The number of hydrogen-bond donors (Lipinski definition) is 1. The minimum Gasteiger partial charge on any atom is -0.478 e. The van der Waals surface area contributed by atoms with Crippen molar-refractivity contribution >= 4 is 28.6 Å². The summed E-state index contributed by atoms with van der Waals surface area (Å²) in [5.41, 5.74) is 2.31. The molecule has 4 rings (SSSR count). The zero-order valence-corrected chi connectivity index (χ0v) is 13.0. The first kappa shape index (κ1) is 14.1. The SMILES string of the molecule is CC1CC1c1cn(-c2cnccc2C(=O)O)c2ncnc(Cl)c12. The molecule has 23 heavy (non-hydrogen) atoms. The summed E-state index contributed by atoms with van der Waals surface area (Å²) in [5, 5.41) is 10.6. The number of carbonyl (C=O) groups is 1. The van der Waals surface area contributed by atoms with Crippen LogP contribution >= 0.6 is 11.6 Å². The van der Waals surface area contributed by atoms with Gasteiger partial charge >= 0.3 is 5.97 Å². The third-order valence-corrected chi connectivity index (χ3v) is 4.65. The third kappa shape index (κ3) is 2.17. The van der Waals surface area contributed by atoms with E-state index in [4.69, 9.17) is 11.6 Å². The number of aromatic carboxylic acids is 1. The Balaban J connectivity index is 2.02. The molecule has 6 nitrogen and oxygen atoms in total. The zero-order chi connectivity index (χ0) is 16.1. The smallest absolute Gasteiger partial charge is 0.337 e. The Hall–Kier alpha value is -2.47. The molecule has 0 bridgehead atoms. The van der Waals surface area contributed by atoms with Crippen molar-refractivity contribution in [2.75, 3.05) is 0 Å². The van der Waals surface area contributed by atoms with Gasteiger partial charge < -0.3 is 5.11 Å². The van der Waals surface area contributed by atoms with Crippen LogP contribution in [0.25, 0.3) is 16.7 Å². The molecule has 1 fully saturated rings. The van der Waals surface area contributed by atoms with Crippen LogP contribution in [0.3, 0.4) is 0 Å². The predicted octanol–water partition coefficient (Wildman–Crippen LogP) is 3.29. The Bertz CT molecular complexity index is 937. The van der Waals surface area contributed by atoms with Crippen molar-refractivity contribution in [3.05, 3.63) is 47.3 Å². The molecule has 0 saturated heterocycles. The van der Waals surface area contributed by atoms with Crippen molar-refractivity contribution in [2.24, 2.45) is 5.92 Å². The summed E-state index contributed by atoms with van der Waals surface area (Å²) in [7, 11) is 0. The van der Waals surface area contributed by atoms with Gasteiger partial charge in [-0.2, -0.15) is 0 Å². The topological polar surface area (TPSA) is 80.9 Å². The van der Waals surface area contributed by atoms with E-state index in [-0.39, 0.29) is 5.56 Å². The average Bonchev–Trinajstić information content (AvgIpc) is 3.13. The maximum absolute atomic E-state index is 11.5. The second-order valence-electron chi connectivity index (χ2n) is 5.83. The van der Waals surface area contributed by atoms with Crippen LogP contribution in [-0.2, 0) is 0 Å². The lowest BCUT2D eigenvalue weighted by atomic mass is 10.1. The highest BCUT2D eigenvalue weighted by molar-refractivity contribution is 6.34. The fourth-order valence-corrected chi connectivity index (χ4v) is 3.27. The Morgan fingerprint density at radius 3 is 2.91 bits per heavy atom. The highest BCUT2D eigenvalue weighted by Crippen LogP contribution is 2.50. The molecule has 0 radical (unpaired) electrons. The summed E-state index contributed by atoms with van der Waals surface area (Å²) >= 11 is 6.29. The lowest BCUT2D eigenvalue weighted by molar-refractivity contribution is 0.0697. The largest absolute Gasteiger partial charge is 0.478 e. The van der Waals surface area contributed by atoms with E-state index in [1.165, 1.54) is 24.8 Å². The number of aromatic nitrogens is 4. The van der Waals surface area contributed by atoms with Crippen molar-refractivity contribution < 1.29 is 9.90 Å². The Morgan fingerprint density at radius 1 is 1.43 bits per heavy atom. The van der Waals surface area contributed by atoms with Gasteiger partial charge in [0.15, 0.2) is 0 Å². The monoisotopic (exact) mass is 328 g/mol. The maximum atomic E-state index is 11.5. The van der Waals surface area contributed by atoms with Crippen LogP contribution in [-0.4, -0.2) is 30.6 Å². The summed E-state index contributed by atoms with van der Waals surface area (Å²) in [6, 6.07) is 1.48. The van der Waals surface area contributed by atoms with Crippen molar-refractivity contribution in [2.45, 2.75) is 19.3 Å². The normalized spacial score (nSPS) is 19.9. The number of rotatable bonds is 3. The van der Waals surface area contributed by atoms with Crippen LogP contribution in [0.15, 0.2) is 31.0 Å². The Morgan fingerprint density at radius 2 is 2.22 bits per heavy atom. The molecule has 2 unspecified atom stereocenters. The van der Waals surface area contributed by atoms with E-state index in [0.717, 1.165) is 17.4 Å². The first-order valence-corrected chi connectivity index (χ1v) is 7.65.